The van der Waals surface area contributed by atoms with Crippen molar-refractivity contribution in [1.82, 2.24) is 4.90 Å². The third-order valence-electron chi connectivity index (χ3n) is 4.27. The van der Waals surface area contributed by atoms with E-state index in [0.29, 0.717) is 24.2 Å². The summed E-state index contributed by atoms with van der Waals surface area (Å²) in [7, 11) is 1.52. The molecule has 1 amide bonds. The fourth-order valence-electron chi connectivity index (χ4n) is 3.11. The quantitative estimate of drug-likeness (QED) is 0.771. The molecule has 1 aromatic rings. The van der Waals surface area contributed by atoms with Crippen LogP contribution in [-0.4, -0.2) is 30.6 Å². The number of rotatable bonds is 1. The maximum Gasteiger partial charge on any atom is 0.471 e. The van der Waals surface area contributed by atoms with Gasteiger partial charge in [-0.1, -0.05) is 13.5 Å². The van der Waals surface area contributed by atoms with Crippen LogP contribution < -0.4 is 4.74 Å². The monoisotopic (exact) mass is 331 g/mol. The zero-order chi connectivity index (χ0) is 16.7. The van der Waals surface area contributed by atoms with Gasteiger partial charge in [-0.2, -0.15) is 13.2 Å². The van der Waals surface area contributed by atoms with E-state index in [4.69, 9.17) is 4.74 Å². The van der Waals surface area contributed by atoms with Gasteiger partial charge in [0.1, 0.15) is 5.75 Å². The third-order valence-corrected chi connectivity index (χ3v) is 4.27. The Morgan fingerprint density at radius 1 is 1.30 bits per heavy atom. The van der Waals surface area contributed by atoms with Gasteiger partial charge in [0.25, 0.3) is 0 Å². The molecule has 0 N–H and O–H groups in total. The molecule has 0 saturated heterocycles. The van der Waals surface area contributed by atoms with Gasteiger partial charge in [-0.05, 0) is 56.4 Å². The Bertz CT molecular complexity index is 594. The topological polar surface area (TPSA) is 29.5 Å². The van der Waals surface area contributed by atoms with Crippen LogP contribution in [0.5, 0.6) is 5.75 Å². The highest BCUT2D eigenvalue weighted by atomic mass is 19.4. The Kier molecular flexibility index (Phi) is 5.39. The van der Waals surface area contributed by atoms with Crippen LogP contribution in [0.3, 0.4) is 0 Å². The molecule has 0 fully saturated rings. The molecule has 0 radical (unpaired) electrons. The van der Waals surface area contributed by atoms with E-state index >= 15 is 0 Å². The van der Waals surface area contributed by atoms with E-state index in [1.54, 1.807) is 19.9 Å². The highest BCUT2D eigenvalue weighted by molar-refractivity contribution is 5.83. The summed E-state index contributed by atoms with van der Waals surface area (Å²) in [5.74, 6) is -1.17. The van der Waals surface area contributed by atoms with Crippen molar-refractivity contribution in [2.24, 2.45) is 0 Å². The highest BCUT2D eigenvalue weighted by Crippen LogP contribution is 2.39. The standard InChI is InChI=1S/C16H20F3NO2.CH4/c1-10-8-11-6-5-7-20(14(21)16(17,18)19)15(2,3)12(11)9-13(10)22-4;/h8-9H,5-7H2,1-4H3;1H4. The molecule has 3 nitrogen and oxygen atoms in total. The van der Waals surface area contributed by atoms with Gasteiger partial charge in [0.05, 0.1) is 12.6 Å². The molecule has 0 spiro atoms. The lowest BCUT2D eigenvalue weighted by Gasteiger charge is -2.39. The number of aryl methyl sites for hydroxylation is 2. The molecule has 0 unspecified atom stereocenters. The lowest BCUT2D eigenvalue weighted by Crippen LogP contribution is -2.50. The van der Waals surface area contributed by atoms with Crippen molar-refractivity contribution in [2.75, 3.05) is 13.7 Å². The fourth-order valence-corrected chi connectivity index (χ4v) is 3.11. The van der Waals surface area contributed by atoms with Gasteiger partial charge in [0, 0.05) is 6.54 Å². The molecule has 1 aliphatic heterocycles. The molecule has 130 valence electrons. The van der Waals surface area contributed by atoms with E-state index in [0.717, 1.165) is 16.0 Å². The summed E-state index contributed by atoms with van der Waals surface area (Å²) < 4.78 is 43.9. The zero-order valence-corrected chi connectivity index (χ0v) is 13.2. The smallest absolute Gasteiger partial charge is 0.471 e. The van der Waals surface area contributed by atoms with E-state index < -0.39 is 17.6 Å². The molecular formula is C17H24F3NO2. The minimum atomic E-state index is -4.86. The largest absolute Gasteiger partial charge is 0.496 e. The molecular weight excluding hydrogens is 307 g/mol. The SMILES string of the molecule is C.COc1cc2c(cc1C)CCCN(C(=O)C(F)(F)F)C2(C)C. The maximum atomic E-state index is 12.9. The minimum absolute atomic E-state index is 0. The summed E-state index contributed by atoms with van der Waals surface area (Å²) in [6.07, 6.45) is -3.72. The lowest BCUT2D eigenvalue weighted by molar-refractivity contribution is -0.191. The number of halogens is 3. The Balaban J connectivity index is 0.00000264. The summed E-state index contributed by atoms with van der Waals surface area (Å²) in [4.78, 5) is 12.7. The number of nitrogens with zero attached hydrogens (tertiary/aromatic N) is 1. The first-order valence-electron chi connectivity index (χ1n) is 7.16. The number of hydrogen-bond acceptors (Lipinski definition) is 2. The number of amides is 1. The van der Waals surface area contributed by atoms with Crippen LogP contribution >= 0.6 is 0 Å². The van der Waals surface area contributed by atoms with Crippen LogP contribution in [0, 0.1) is 6.92 Å². The molecule has 0 atom stereocenters. The van der Waals surface area contributed by atoms with Crippen LogP contribution in [0.4, 0.5) is 13.2 Å². The first-order valence-corrected chi connectivity index (χ1v) is 7.16. The number of carbonyl (C=O) groups excluding carboxylic acids is 1. The minimum Gasteiger partial charge on any atom is -0.496 e. The normalized spacial score (nSPS) is 16.9. The van der Waals surface area contributed by atoms with Gasteiger partial charge < -0.3 is 9.64 Å². The van der Waals surface area contributed by atoms with Crippen LogP contribution in [0.2, 0.25) is 0 Å². The molecule has 6 heteroatoms. The summed E-state index contributed by atoms with van der Waals surface area (Å²) in [5.41, 5.74) is 1.58. The number of alkyl halides is 3. The zero-order valence-electron chi connectivity index (χ0n) is 13.2. The van der Waals surface area contributed by atoms with E-state index in [2.05, 4.69) is 0 Å². The van der Waals surface area contributed by atoms with E-state index in [9.17, 15) is 18.0 Å². The van der Waals surface area contributed by atoms with Gasteiger partial charge in [0.15, 0.2) is 0 Å². The number of fused-ring (bicyclic) bond motifs is 1. The van der Waals surface area contributed by atoms with Crippen LogP contribution in [0.1, 0.15) is 44.4 Å². The molecule has 23 heavy (non-hydrogen) atoms. The Hall–Kier alpha value is -1.72. The average molecular weight is 331 g/mol. The van der Waals surface area contributed by atoms with Crippen molar-refractivity contribution in [3.8, 4) is 5.75 Å². The molecule has 0 aliphatic carbocycles. The van der Waals surface area contributed by atoms with E-state index in [1.165, 1.54) is 7.11 Å². The third kappa shape index (κ3) is 3.46. The van der Waals surface area contributed by atoms with Crippen molar-refractivity contribution in [3.63, 3.8) is 0 Å². The summed E-state index contributed by atoms with van der Waals surface area (Å²) in [5, 5.41) is 0. The molecule has 2 rings (SSSR count). The lowest BCUT2D eigenvalue weighted by atomic mass is 9.87. The second kappa shape index (κ2) is 6.42. The number of methoxy groups -OCH3 is 1. The first kappa shape index (κ1) is 19.3. The molecule has 0 bridgehead atoms. The average Bonchev–Trinajstić information content (AvgIpc) is 2.52. The van der Waals surface area contributed by atoms with E-state index in [-0.39, 0.29) is 14.0 Å². The van der Waals surface area contributed by atoms with Gasteiger partial charge in [-0.25, -0.2) is 0 Å². The van der Waals surface area contributed by atoms with Crippen molar-refractivity contribution in [3.05, 3.63) is 28.8 Å². The van der Waals surface area contributed by atoms with Crippen molar-refractivity contribution in [2.45, 2.75) is 52.8 Å². The predicted octanol–water partition coefficient (Wildman–Crippen LogP) is 4.21. The van der Waals surface area contributed by atoms with Crippen LogP contribution in [0.25, 0.3) is 0 Å². The van der Waals surface area contributed by atoms with Crippen molar-refractivity contribution < 1.29 is 22.7 Å². The molecule has 1 aromatic carbocycles. The first-order chi connectivity index (χ1) is 10.1. The van der Waals surface area contributed by atoms with Crippen molar-refractivity contribution >= 4 is 5.91 Å². The van der Waals surface area contributed by atoms with Gasteiger partial charge in [0.2, 0.25) is 0 Å². The number of carbonyl (C=O) groups is 1. The second-order valence-corrected chi connectivity index (χ2v) is 6.10. The predicted molar refractivity (Wildman–Crippen MR) is 83.6 cm³/mol. The Morgan fingerprint density at radius 3 is 2.43 bits per heavy atom. The maximum absolute atomic E-state index is 12.9. The van der Waals surface area contributed by atoms with E-state index in [1.807, 2.05) is 13.0 Å². The van der Waals surface area contributed by atoms with Gasteiger partial charge in [-0.15, -0.1) is 0 Å². The molecule has 0 saturated carbocycles. The molecule has 1 heterocycles. The Morgan fingerprint density at radius 2 is 1.91 bits per heavy atom. The molecule has 1 aliphatic rings. The van der Waals surface area contributed by atoms with Crippen molar-refractivity contribution in [1.29, 1.82) is 0 Å². The molecule has 0 aromatic heterocycles. The van der Waals surface area contributed by atoms with Crippen LogP contribution in [0.15, 0.2) is 12.1 Å². The summed E-state index contributed by atoms with van der Waals surface area (Å²) >= 11 is 0. The number of benzene rings is 1. The fraction of sp³-hybridized carbons (Fsp3) is 0.588. The second-order valence-electron chi connectivity index (χ2n) is 6.10. The van der Waals surface area contributed by atoms with Crippen LogP contribution in [-0.2, 0) is 16.8 Å². The Labute approximate surface area is 135 Å². The number of hydrogen-bond donors (Lipinski definition) is 0. The highest BCUT2D eigenvalue weighted by Gasteiger charge is 2.48. The van der Waals surface area contributed by atoms with Gasteiger partial charge in [-0.3, -0.25) is 4.79 Å². The summed E-state index contributed by atoms with van der Waals surface area (Å²) in [6, 6.07) is 3.70. The van der Waals surface area contributed by atoms with Gasteiger partial charge >= 0.3 is 12.1 Å². The number of ether oxygens (including phenoxy) is 1. The summed E-state index contributed by atoms with van der Waals surface area (Å²) in [6.45, 7) is 5.28.